The summed E-state index contributed by atoms with van der Waals surface area (Å²) in [4.78, 5) is 43.2. The van der Waals surface area contributed by atoms with E-state index in [0.29, 0.717) is 24.3 Å². The topological polar surface area (TPSA) is 127 Å². The van der Waals surface area contributed by atoms with Crippen molar-refractivity contribution in [1.29, 1.82) is 0 Å². The van der Waals surface area contributed by atoms with Gasteiger partial charge in [0.2, 0.25) is 0 Å². The zero-order chi connectivity index (χ0) is 33.3. The fourth-order valence-electron chi connectivity index (χ4n) is 4.15. The first-order valence-electron chi connectivity index (χ1n) is 16.4. The maximum Gasteiger partial charge on any atom is 0.339 e. The highest BCUT2D eigenvalue weighted by molar-refractivity contribution is 6.03. The van der Waals surface area contributed by atoms with Gasteiger partial charge in [0.05, 0.1) is 24.3 Å². The molecule has 0 spiro atoms. The van der Waals surface area contributed by atoms with Crippen LogP contribution in [-0.2, 0) is 19.1 Å². The first-order valence-corrected chi connectivity index (χ1v) is 16.4. The first-order chi connectivity index (χ1) is 21.2. The van der Waals surface area contributed by atoms with Crippen LogP contribution in [0, 0.1) is 0 Å². The van der Waals surface area contributed by atoms with Gasteiger partial charge in [0.1, 0.15) is 0 Å². The van der Waals surface area contributed by atoms with E-state index in [9.17, 15) is 19.2 Å². The lowest BCUT2D eigenvalue weighted by Gasteiger charge is -2.10. The molecule has 1 aromatic rings. The third-order valence-electron chi connectivity index (χ3n) is 6.68. The van der Waals surface area contributed by atoms with E-state index in [2.05, 4.69) is 27.0 Å². The molecule has 0 aliphatic heterocycles. The quantitative estimate of drug-likeness (QED) is 0.0946. The molecule has 2 N–H and O–H groups in total. The Labute approximate surface area is 265 Å². The van der Waals surface area contributed by atoms with Gasteiger partial charge in [0, 0.05) is 12.2 Å². The lowest BCUT2D eigenvalue weighted by molar-refractivity contribution is -0.132. The van der Waals surface area contributed by atoms with Crippen LogP contribution in [0.3, 0.4) is 0 Å². The van der Waals surface area contributed by atoms with Gasteiger partial charge < -0.3 is 19.7 Å². The van der Waals surface area contributed by atoms with Crippen molar-refractivity contribution in [2.24, 2.45) is 0 Å². The standard InChI is InChI=1S/C24H38O4.C6H12.2C3H4O2/c1-3-5-7-9-11-15-19-27-23(25)21-17-13-14-18-22(21)24(26)28-20-16-12-10-8-6-4-2;1-2-4-6-5-3-1;2*1-2-3(4)5/h13-14,17-18H,3-12,15-16,19-20H2,1-2H3;1-6H2;2*2H,1H2,(H,4,5). The summed E-state index contributed by atoms with van der Waals surface area (Å²) in [6, 6.07) is 6.74. The molecule has 0 amide bonds. The van der Waals surface area contributed by atoms with Crippen LogP contribution in [0.5, 0.6) is 0 Å². The molecule has 0 bridgehead atoms. The molecule has 8 heteroatoms. The van der Waals surface area contributed by atoms with Crippen LogP contribution in [0.1, 0.15) is 150 Å². The predicted molar refractivity (Wildman–Crippen MR) is 177 cm³/mol. The molecular formula is C36H58O8. The van der Waals surface area contributed by atoms with E-state index < -0.39 is 23.9 Å². The van der Waals surface area contributed by atoms with Gasteiger partial charge in [-0.15, -0.1) is 0 Å². The van der Waals surface area contributed by atoms with Gasteiger partial charge in [-0.2, -0.15) is 0 Å². The molecule has 0 radical (unpaired) electrons. The molecular weight excluding hydrogens is 560 g/mol. The summed E-state index contributed by atoms with van der Waals surface area (Å²) in [6.07, 6.45) is 24.3. The van der Waals surface area contributed by atoms with Crippen molar-refractivity contribution in [2.45, 2.75) is 129 Å². The number of carbonyl (C=O) groups excluding carboxylic acids is 2. The molecule has 0 heterocycles. The molecule has 44 heavy (non-hydrogen) atoms. The van der Waals surface area contributed by atoms with Crippen molar-refractivity contribution in [1.82, 2.24) is 0 Å². The van der Waals surface area contributed by atoms with E-state index >= 15 is 0 Å². The van der Waals surface area contributed by atoms with Crippen LogP contribution in [0.15, 0.2) is 49.6 Å². The fraction of sp³-hybridized carbons (Fsp3) is 0.611. The Bertz CT molecular complexity index is 827. The van der Waals surface area contributed by atoms with E-state index in [1.165, 1.54) is 89.9 Å². The van der Waals surface area contributed by atoms with Gasteiger partial charge in [-0.05, 0) is 25.0 Å². The van der Waals surface area contributed by atoms with Gasteiger partial charge in [-0.3, -0.25) is 0 Å². The number of esters is 2. The summed E-state index contributed by atoms with van der Waals surface area (Å²) in [5.74, 6) is -2.85. The number of carbonyl (C=O) groups is 4. The average molecular weight is 619 g/mol. The average Bonchev–Trinajstić information content (AvgIpc) is 3.05. The van der Waals surface area contributed by atoms with Crippen molar-refractivity contribution in [2.75, 3.05) is 13.2 Å². The minimum absolute atomic E-state index is 0.293. The van der Waals surface area contributed by atoms with Crippen LogP contribution in [0.25, 0.3) is 0 Å². The zero-order valence-corrected chi connectivity index (χ0v) is 27.4. The Morgan fingerprint density at radius 1 is 0.591 bits per heavy atom. The maximum absolute atomic E-state index is 12.4. The molecule has 8 nitrogen and oxygen atoms in total. The van der Waals surface area contributed by atoms with Gasteiger partial charge in [-0.1, -0.05) is 142 Å². The zero-order valence-electron chi connectivity index (χ0n) is 27.4. The van der Waals surface area contributed by atoms with Crippen LogP contribution < -0.4 is 0 Å². The molecule has 1 saturated carbocycles. The highest BCUT2D eigenvalue weighted by atomic mass is 16.5. The summed E-state index contributed by atoms with van der Waals surface area (Å²) in [5, 5.41) is 15.2. The summed E-state index contributed by atoms with van der Waals surface area (Å²) in [6.45, 7) is 11.1. The van der Waals surface area contributed by atoms with Gasteiger partial charge in [0.25, 0.3) is 0 Å². The Kier molecular flexibility index (Phi) is 31.5. The van der Waals surface area contributed by atoms with E-state index in [-0.39, 0.29) is 0 Å². The smallest absolute Gasteiger partial charge is 0.339 e. The van der Waals surface area contributed by atoms with Crippen molar-refractivity contribution < 1.29 is 38.9 Å². The minimum Gasteiger partial charge on any atom is -0.478 e. The van der Waals surface area contributed by atoms with Crippen molar-refractivity contribution >= 4 is 23.9 Å². The molecule has 1 fully saturated rings. The summed E-state index contributed by atoms with van der Waals surface area (Å²) in [7, 11) is 0. The summed E-state index contributed by atoms with van der Waals surface area (Å²) < 4.78 is 10.7. The number of benzene rings is 1. The molecule has 1 aliphatic rings. The molecule has 1 aromatic carbocycles. The molecule has 0 saturated heterocycles. The largest absolute Gasteiger partial charge is 0.478 e. The van der Waals surface area contributed by atoms with E-state index in [1.807, 2.05) is 0 Å². The van der Waals surface area contributed by atoms with Crippen molar-refractivity contribution in [3.63, 3.8) is 0 Å². The maximum atomic E-state index is 12.4. The van der Waals surface area contributed by atoms with Gasteiger partial charge in [0.15, 0.2) is 0 Å². The van der Waals surface area contributed by atoms with Crippen molar-refractivity contribution in [3.8, 4) is 0 Å². The Hall–Kier alpha value is -3.42. The lowest BCUT2D eigenvalue weighted by Crippen LogP contribution is -2.15. The van der Waals surface area contributed by atoms with Crippen LogP contribution in [0.4, 0.5) is 0 Å². The van der Waals surface area contributed by atoms with Crippen molar-refractivity contribution in [3.05, 3.63) is 60.7 Å². The van der Waals surface area contributed by atoms with E-state index in [1.54, 1.807) is 24.3 Å². The monoisotopic (exact) mass is 618 g/mol. The van der Waals surface area contributed by atoms with Crippen LogP contribution >= 0.6 is 0 Å². The molecule has 0 atom stereocenters. The Balaban J connectivity index is 0. The number of ether oxygens (including phenoxy) is 2. The van der Waals surface area contributed by atoms with Gasteiger partial charge >= 0.3 is 23.9 Å². The number of carboxylic acid groups (broad SMARTS) is 2. The number of hydrogen-bond donors (Lipinski definition) is 2. The number of carboxylic acids is 2. The Morgan fingerprint density at radius 2 is 0.864 bits per heavy atom. The molecule has 0 aromatic heterocycles. The normalized spacial score (nSPS) is 11.5. The number of aliphatic carboxylic acids is 2. The van der Waals surface area contributed by atoms with Gasteiger partial charge in [-0.25, -0.2) is 19.2 Å². The molecule has 250 valence electrons. The van der Waals surface area contributed by atoms with E-state index in [4.69, 9.17) is 19.7 Å². The third kappa shape index (κ3) is 28.7. The highest BCUT2D eigenvalue weighted by Crippen LogP contribution is 2.15. The van der Waals surface area contributed by atoms with E-state index in [0.717, 1.165) is 37.8 Å². The summed E-state index contributed by atoms with van der Waals surface area (Å²) in [5.41, 5.74) is 0.586. The number of hydrogen-bond acceptors (Lipinski definition) is 6. The highest BCUT2D eigenvalue weighted by Gasteiger charge is 2.18. The second-order valence-electron chi connectivity index (χ2n) is 10.6. The molecule has 2 rings (SSSR count). The molecule has 0 unspecified atom stereocenters. The SMILES string of the molecule is C1CCCCC1.C=CC(=O)O.C=CC(=O)O.CCCCCCCCOC(=O)c1ccccc1C(=O)OCCCCCCCC. The Morgan fingerprint density at radius 3 is 1.14 bits per heavy atom. The van der Waals surface area contributed by atoms with Crippen LogP contribution in [-0.4, -0.2) is 47.3 Å². The summed E-state index contributed by atoms with van der Waals surface area (Å²) >= 11 is 0. The van der Waals surface area contributed by atoms with Crippen LogP contribution in [0.2, 0.25) is 0 Å². The number of rotatable bonds is 18. The second-order valence-corrected chi connectivity index (χ2v) is 10.6. The lowest BCUT2D eigenvalue weighted by atomic mass is 10.0. The third-order valence-corrected chi connectivity index (χ3v) is 6.68. The second kappa shape index (κ2) is 32.5. The molecule has 1 aliphatic carbocycles. The number of unbranched alkanes of at least 4 members (excludes halogenated alkanes) is 10. The first kappa shape index (κ1) is 42.7. The minimum atomic E-state index is -0.981. The fourth-order valence-corrected chi connectivity index (χ4v) is 4.15. The predicted octanol–water partition coefficient (Wildman–Crippen LogP) is 9.58.